The van der Waals surface area contributed by atoms with Crippen LogP contribution in [0.3, 0.4) is 0 Å². The Morgan fingerprint density at radius 1 is 0.609 bits per heavy atom. The van der Waals surface area contributed by atoms with Crippen LogP contribution in [0, 0.1) is 21.3 Å². The van der Waals surface area contributed by atoms with E-state index >= 15 is 0 Å². The van der Waals surface area contributed by atoms with E-state index in [1.54, 1.807) is 11.7 Å². The van der Waals surface area contributed by atoms with E-state index < -0.39 is 11.9 Å². The topological polar surface area (TPSA) is 152 Å². The number of aliphatic imine (C=N–C) groups is 2. The molecule has 352 valence electrons. The fourth-order valence-corrected chi connectivity index (χ4v) is 10.3. The van der Waals surface area contributed by atoms with Gasteiger partial charge in [0.2, 0.25) is 11.7 Å². The van der Waals surface area contributed by atoms with Gasteiger partial charge < -0.3 is 27.9 Å². The first-order valence-electron chi connectivity index (χ1n) is 24.0. The minimum absolute atomic E-state index is 0. The van der Waals surface area contributed by atoms with Crippen LogP contribution >= 0.6 is 0 Å². The number of hydrogen-bond acceptors (Lipinski definition) is 8. The number of rotatable bonds is 14. The second-order valence-electron chi connectivity index (χ2n) is 18.3. The van der Waals surface area contributed by atoms with E-state index in [0.29, 0.717) is 11.5 Å². The zero-order valence-electron chi connectivity index (χ0n) is 39.1. The molecule has 1 fully saturated rings. The predicted molar refractivity (Wildman–Crippen MR) is 254 cm³/mol. The number of carboxylic acids is 2. The second kappa shape index (κ2) is 26.7. The summed E-state index contributed by atoms with van der Waals surface area (Å²) >= 11 is 0. The molecule has 0 bridgehead atoms. The summed E-state index contributed by atoms with van der Waals surface area (Å²) in [7, 11) is 0. The first-order chi connectivity index (χ1) is 30.1. The number of amidine groups is 2. The summed E-state index contributed by atoms with van der Waals surface area (Å²) in [5, 5.41) is 36.9. The van der Waals surface area contributed by atoms with Crippen LogP contribution in [0.1, 0.15) is 149 Å². The van der Waals surface area contributed by atoms with E-state index in [4.69, 9.17) is 29.8 Å². The molecular formula is C51H77CrN6O6+. The number of hydrogen-bond donors (Lipinski definition) is 4. The van der Waals surface area contributed by atoms with Crippen LogP contribution in [0.4, 0.5) is 0 Å². The molecule has 2 atom stereocenters. The third-order valence-corrected chi connectivity index (χ3v) is 13.6. The third-order valence-electron chi connectivity index (χ3n) is 13.6. The van der Waals surface area contributed by atoms with E-state index in [2.05, 4.69) is 43.2 Å². The van der Waals surface area contributed by atoms with Crippen molar-refractivity contribution in [3.8, 4) is 11.5 Å². The van der Waals surface area contributed by atoms with Crippen molar-refractivity contribution in [2.45, 2.75) is 154 Å². The van der Waals surface area contributed by atoms with E-state index in [0.717, 1.165) is 86.7 Å². The first kappa shape index (κ1) is 52.4. The molecule has 64 heavy (non-hydrogen) atoms. The molecule has 4 aliphatic heterocycles. The maximum absolute atomic E-state index is 11.1. The Morgan fingerprint density at radius 3 is 1.42 bits per heavy atom. The second-order valence-corrected chi connectivity index (χ2v) is 18.3. The summed E-state index contributed by atoms with van der Waals surface area (Å²) in [4.78, 5) is 33.7. The van der Waals surface area contributed by atoms with Gasteiger partial charge in [0.1, 0.15) is 11.5 Å². The van der Waals surface area contributed by atoms with E-state index in [1.807, 2.05) is 26.3 Å². The predicted octanol–water partition coefficient (Wildman–Crippen LogP) is 8.19. The number of nitrogens with zero attached hydrogens (tertiary/aromatic N) is 6. The fraction of sp³-hybridized carbons (Fsp3) is 0.627. The van der Waals surface area contributed by atoms with Crippen molar-refractivity contribution in [1.82, 2.24) is 9.80 Å². The van der Waals surface area contributed by atoms with Gasteiger partial charge in [0.05, 0.1) is 64.4 Å². The standard InChI is InChI=1S/C48H70N6O2.C2H2O4.CH3.Cr/c1-37-31-39(17-9-13-25-53-29-15-27-51-23-11-3-5-21-45(51)53)33-41(47(37)55)35-49-43-19-7-8-20-44(43)50-36-42-34-40(32-38(2)48(42)56)18-10-14-26-54-30-16-28-52-24-12-4-6-22-46(52)54;3-1(4)2(5)6;;/h31-36,43-44H,3-30H2,1-2H3;(H,3,4)(H,5,6);1H3;/q;;-1;/p+2. The number of aromatic hydroxyl groups is 2. The molecule has 2 aromatic carbocycles. The number of carboxylic acid groups (broad SMARTS) is 2. The molecule has 2 unspecified atom stereocenters. The molecule has 0 radical (unpaired) electrons. The quantitative estimate of drug-likeness (QED) is 0.0487. The van der Waals surface area contributed by atoms with Crippen molar-refractivity contribution in [2.24, 2.45) is 9.98 Å². The molecule has 4 N–H and O–H groups in total. The van der Waals surface area contributed by atoms with Gasteiger partial charge in [0.25, 0.3) is 0 Å². The van der Waals surface area contributed by atoms with Crippen LogP contribution in [-0.2, 0) is 39.8 Å². The van der Waals surface area contributed by atoms with Crippen molar-refractivity contribution in [2.75, 3.05) is 52.4 Å². The summed E-state index contributed by atoms with van der Waals surface area (Å²) in [5.74, 6) is 0.245. The Hall–Kier alpha value is -4.21. The summed E-state index contributed by atoms with van der Waals surface area (Å²) in [6, 6.07) is 8.75. The van der Waals surface area contributed by atoms with Crippen LogP contribution in [0.25, 0.3) is 0 Å². The smallest absolute Gasteiger partial charge is 0.414 e. The zero-order valence-corrected chi connectivity index (χ0v) is 40.4. The molecule has 1 aliphatic carbocycles. The monoisotopic (exact) mass is 922 g/mol. The average Bonchev–Trinajstić information content (AvgIpc) is 3.67. The van der Waals surface area contributed by atoms with Crippen molar-refractivity contribution < 1.29 is 56.5 Å². The van der Waals surface area contributed by atoms with Crippen molar-refractivity contribution in [3.63, 3.8) is 0 Å². The van der Waals surface area contributed by atoms with Gasteiger partial charge in [0, 0.05) is 66.6 Å². The van der Waals surface area contributed by atoms with Crippen LogP contribution in [0.2, 0.25) is 0 Å². The molecule has 0 aromatic heterocycles. The van der Waals surface area contributed by atoms with E-state index in [9.17, 15) is 10.2 Å². The minimum atomic E-state index is -1.82. The van der Waals surface area contributed by atoms with Crippen LogP contribution in [-0.4, -0.2) is 140 Å². The van der Waals surface area contributed by atoms with Crippen molar-refractivity contribution in [3.05, 3.63) is 65.1 Å². The Kier molecular flexibility index (Phi) is 21.9. The van der Waals surface area contributed by atoms with Gasteiger partial charge in [-0.15, -0.1) is 0 Å². The number of phenolic OH excluding ortho intramolecular Hbond substituents is 2. The van der Waals surface area contributed by atoms with E-state index in [1.165, 1.54) is 127 Å². The SMILES string of the molecule is Cc1cc(CCCCN2CCC[N+]3=C2CCCCC3)cc(C=NC2CCCCC2N=Cc2cc(CCCCN3CCC[N+]4=C3CCCCC4)cc(C)c2O)c1O.O=C(O)C(=O)O.[CH3-].[Cr]. The van der Waals surface area contributed by atoms with Crippen LogP contribution in [0.5, 0.6) is 11.5 Å². The zero-order chi connectivity index (χ0) is 43.8. The van der Waals surface area contributed by atoms with Gasteiger partial charge in [0.15, 0.2) is 0 Å². The molecule has 0 spiro atoms. The van der Waals surface area contributed by atoms with Gasteiger partial charge in [-0.3, -0.25) is 28.9 Å². The molecule has 4 heterocycles. The molecule has 2 aromatic rings. The Bertz CT molecular complexity index is 1840. The molecule has 0 amide bonds. The summed E-state index contributed by atoms with van der Waals surface area (Å²) in [5.41, 5.74) is 6.05. The molecule has 7 rings (SSSR count). The molecule has 0 saturated heterocycles. The first-order valence-corrected chi connectivity index (χ1v) is 24.0. The minimum Gasteiger partial charge on any atom is -0.507 e. The summed E-state index contributed by atoms with van der Waals surface area (Å²) < 4.78 is 5.33. The number of carbonyl (C=O) groups is 2. The number of phenols is 2. The third kappa shape index (κ3) is 15.2. The molecule has 1 saturated carbocycles. The summed E-state index contributed by atoms with van der Waals surface area (Å²) in [6.07, 6.45) is 27.9. The number of benzene rings is 2. The maximum Gasteiger partial charge on any atom is 0.414 e. The van der Waals surface area contributed by atoms with Crippen LogP contribution < -0.4 is 0 Å². The maximum atomic E-state index is 11.1. The van der Waals surface area contributed by atoms with Gasteiger partial charge in [-0.2, -0.15) is 0 Å². The fourth-order valence-electron chi connectivity index (χ4n) is 10.3. The van der Waals surface area contributed by atoms with Crippen molar-refractivity contribution >= 4 is 36.0 Å². The Balaban J connectivity index is 0.00000105. The van der Waals surface area contributed by atoms with E-state index in [-0.39, 0.29) is 36.9 Å². The number of unbranched alkanes of at least 4 members (excludes halogenated alkanes) is 2. The molecule has 5 aliphatic rings. The molecule has 12 nitrogen and oxygen atoms in total. The van der Waals surface area contributed by atoms with Gasteiger partial charge in [-0.25, -0.2) is 9.59 Å². The molecular weight excluding hydrogens is 845 g/mol. The Morgan fingerprint density at radius 2 is 1.02 bits per heavy atom. The van der Waals surface area contributed by atoms with Gasteiger partial charge in [-0.05, 0) is 138 Å². The normalized spacial score (nSPS) is 20.3. The van der Waals surface area contributed by atoms with Crippen LogP contribution in [0.15, 0.2) is 34.3 Å². The average molecular weight is 922 g/mol. The number of aliphatic carboxylic acids is 2. The number of aryl methyl sites for hydroxylation is 4. The summed E-state index contributed by atoms with van der Waals surface area (Å²) in [6.45, 7) is 13.7. The van der Waals surface area contributed by atoms with Gasteiger partial charge in [-0.1, -0.05) is 25.0 Å². The Labute approximate surface area is 394 Å². The van der Waals surface area contributed by atoms with Gasteiger partial charge >= 0.3 is 11.9 Å². The molecule has 13 heteroatoms. The van der Waals surface area contributed by atoms with Crippen molar-refractivity contribution in [1.29, 1.82) is 0 Å². The largest absolute Gasteiger partial charge is 0.507 e.